The first-order valence-electron chi connectivity index (χ1n) is 9.45. The zero-order chi connectivity index (χ0) is 18.0. The number of carbonyl (C=O) groups is 2. The van der Waals surface area contributed by atoms with Crippen LogP contribution in [0.3, 0.4) is 0 Å². The van der Waals surface area contributed by atoms with E-state index in [0.717, 1.165) is 55.7 Å². The lowest BCUT2D eigenvalue weighted by atomic mass is 10.0. The van der Waals surface area contributed by atoms with Crippen LogP contribution in [0.4, 0.5) is 0 Å². The molecular weight excluding hydrogens is 316 g/mol. The lowest BCUT2D eigenvalue weighted by molar-refractivity contribution is -0.137. The zero-order valence-corrected chi connectivity index (χ0v) is 15.5. The molecule has 0 saturated carbocycles. The highest BCUT2D eigenvalue weighted by atomic mass is 16.2. The van der Waals surface area contributed by atoms with Gasteiger partial charge in [-0.2, -0.15) is 0 Å². The molecule has 2 aliphatic heterocycles. The average molecular weight is 344 g/mol. The second-order valence-electron chi connectivity index (χ2n) is 7.09. The zero-order valence-electron chi connectivity index (χ0n) is 15.5. The van der Waals surface area contributed by atoms with Crippen molar-refractivity contribution in [3.05, 3.63) is 23.3 Å². The lowest BCUT2D eigenvalue weighted by Gasteiger charge is -2.30. The van der Waals surface area contributed by atoms with Gasteiger partial charge in [0.1, 0.15) is 0 Å². The molecule has 6 heteroatoms. The molecule has 1 saturated heterocycles. The third-order valence-electron chi connectivity index (χ3n) is 5.57. The van der Waals surface area contributed by atoms with E-state index in [1.807, 2.05) is 16.0 Å². The second-order valence-corrected chi connectivity index (χ2v) is 7.09. The fraction of sp³-hybridized carbons (Fsp3) is 0.684. The molecule has 3 rings (SSSR count). The highest BCUT2D eigenvalue weighted by Gasteiger charge is 2.35. The first-order chi connectivity index (χ1) is 12.0. The number of carbonyl (C=O) groups excluding carboxylic acids is 2. The Morgan fingerprint density at radius 2 is 2.04 bits per heavy atom. The van der Waals surface area contributed by atoms with Gasteiger partial charge in [0.25, 0.3) is 0 Å². The van der Waals surface area contributed by atoms with Gasteiger partial charge in [0, 0.05) is 50.7 Å². The Morgan fingerprint density at radius 1 is 1.28 bits per heavy atom. The van der Waals surface area contributed by atoms with Crippen LogP contribution in [0.2, 0.25) is 0 Å². The summed E-state index contributed by atoms with van der Waals surface area (Å²) in [7, 11) is 0. The fourth-order valence-corrected chi connectivity index (χ4v) is 3.93. The summed E-state index contributed by atoms with van der Waals surface area (Å²) in [4.78, 5) is 37.6. The monoisotopic (exact) mass is 344 g/mol. The largest absolute Gasteiger partial charge is 0.338 e. The molecule has 0 N–H and O–H groups in total. The number of likely N-dealkylation sites (tertiary alicyclic amines) is 1. The third kappa shape index (κ3) is 3.53. The molecule has 6 nitrogen and oxygen atoms in total. The Kier molecular flexibility index (Phi) is 5.35. The molecule has 1 aromatic heterocycles. The molecular formula is C19H28N4O2. The van der Waals surface area contributed by atoms with Gasteiger partial charge in [-0.05, 0) is 25.7 Å². The van der Waals surface area contributed by atoms with Crippen LogP contribution in [0.5, 0.6) is 0 Å². The van der Waals surface area contributed by atoms with E-state index in [0.29, 0.717) is 13.1 Å². The highest BCUT2D eigenvalue weighted by Crippen LogP contribution is 2.33. The molecule has 1 atom stereocenters. The minimum atomic E-state index is 0.00392. The number of nitrogens with zero attached hydrogens (tertiary/aromatic N) is 4. The van der Waals surface area contributed by atoms with Gasteiger partial charge in [0.05, 0.1) is 11.7 Å². The molecule has 0 spiro atoms. The second kappa shape index (κ2) is 7.50. The minimum Gasteiger partial charge on any atom is -0.338 e. The summed E-state index contributed by atoms with van der Waals surface area (Å²) in [6, 6.07) is 0.00392. The molecule has 1 aromatic rings. The maximum atomic E-state index is 12.8. The number of hydrogen-bond donors (Lipinski definition) is 0. The minimum absolute atomic E-state index is 0.00392. The number of fused-ring (bicyclic) bond motifs is 1. The van der Waals surface area contributed by atoms with E-state index < -0.39 is 0 Å². The molecule has 25 heavy (non-hydrogen) atoms. The molecule has 0 aromatic carbocycles. The molecule has 1 unspecified atom stereocenters. The Morgan fingerprint density at radius 3 is 2.72 bits per heavy atom. The molecule has 0 aliphatic carbocycles. The van der Waals surface area contributed by atoms with Gasteiger partial charge >= 0.3 is 0 Å². The summed E-state index contributed by atoms with van der Waals surface area (Å²) in [6.07, 6.45) is 6.32. The van der Waals surface area contributed by atoms with Gasteiger partial charge in [-0.3, -0.25) is 9.59 Å². The van der Waals surface area contributed by atoms with Crippen molar-refractivity contribution in [3.63, 3.8) is 0 Å². The highest BCUT2D eigenvalue weighted by molar-refractivity contribution is 5.79. The van der Waals surface area contributed by atoms with Gasteiger partial charge in [0.2, 0.25) is 11.8 Å². The molecule has 0 bridgehead atoms. The Hall–Kier alpha value is -1.98. The predicted octanol–water partition coefficient (Wildman–Crippen LogP) is 2.48. The molecule has 1 fully saturated rings. The maximum absolute atomic E-state index is 12.8. The topological polar surface area (TPSA) is 66.4 Å². The number of rotatable bonds is 4. The van der Waals surface area contributed by atoms with Crippen molar-refractivity contribution in [2.45, 2.75) is 65.5 Å². The summed E-state index contributed by atoms with van der Waals surface area (Å²) in [5.41, 5.74) is 2.06. The van der Waals surface area contributed by atoms with Crippen LogP contribution in [-0.4, -0.2) is 44.7 Å². The van der Waals surface area contributed by atoms with Gasteiger partial charge < -0.3 is 9.80 Å². The van der Waals surface area contributed by atoms with Gasteiger partial charge in [-0.15, -0.1) is 0 Å². The van der Waals surface area contributed by atoms with Crippen LogP contribution < -0.4 is 0 Å². The van der Waals surface area contributed by atoms with Crippen LogP contribution >= 0.6 is 0 Å². The van der Waals surface area contributed by atoms with Crippen molar-refractivity contribution < 1.29 is 9.59 Å². The van der Waals surface area contributed by atoms with E-state index in [9.17, 15) is 9.59 Å². The van der Waals surface area contributed by atoms with E-state index in [4.69, 9.17) is 4.98 Å². The third-order valence-corrected chi connectivity index (χ3v) is 5.57. The fourth-order valence-electron chi connectivity index (χ4n) is 3.93. The normalized spacial score (nSPS) is 20.1. The van der Waals surface area contributed by atoms with Crippen molar-refractivity contribution in [2.24, 2.45) is 5.92 Å². The number of amides is 2. The maximum Gasteiger partial charge on any atom is 0.226 e. The average Bonchev–Trinajstić information content (AvgIpc) is 3.11. The molecule has 0 radical (unpaired) electrons. The Bertz CT molecular complexity index is 657. The van der Waals surface area contributed by atoms with Crippen molar-refractivity contribution in [2.75, 3.05) is 13.1 Å². The van der Waals surface area contributed by atoms with E-state index in [1.165, 1.54) is 0 Å². The van der Waals surface area contributed by atoms with Gasteiger partial charge in [-0.1, -0.05) is 13.8 Å². The summed E-state index contributed by atoms with van der Waals surface area (Å²) in [5, 5.41) is 0. The lowest BCUT2D eigenvalue weighted by Crippen LogP contribution is -2.37. The van der Waals surface area contributed by atoms with E-state index in [-0.39, 0.29) is 23.8 Å². The van der Waals surface area contributed by atoms with E-state index in [1.54, 1.807) is 6.92 Å². The van der Waals surface area contributed by atoms with Crippen molar-refractivity contribution >= 4 is 11.8 Å². The van der Waals surface area contributed by atoms with E-state index >= 15 is 0 Å². The van der Waals surface area contributed by atoms with Crippen molar-refractivity contribution in [3.8, 4) is 0 Å². The first-order valence-corrected chi connectivity index (χ1v) is 9.45. The first kappa shape index (κ1) is 17.8. The van der Waals surface area contributed by atoms with Crippen LogP contribution in [0, 0.1) is 5.92 Å². The number of aromatic nitrogens is 2. The number of hydrogen-bond acceptors (Lipinski definition) is 4. The molecule has 2 aliphatic rings. The molecule has 3 heterocycles. The summed E-state index contributed by atoms with van der Waals surface area (Å²) in [6.45, 7) is 7.85. The van der Waals surface area contributed by atoms with Crippen LogP contribution in [0.15, 0.2) is 6.20 Å². The SMILES string of the molecule is CCC(CC)C(=O)N1CCCC1c1ncc2c(n1)CCN(C(C)=O)C2. The Balaban J connectivity index is 1.80. The molecule has 136 valence electrons. The van der Waals surface area contributed by atoms with Crippen LogP contribution in [-0.2, 0) is 22.6 Å². The van der Waals surface area contributed by atoms with Crippen molar-refractivity contribution in [1.82, 2.24) is 19.8 Å². The quantitative estimate of drug-likeness (QED) is 0.842. The summed E-state index contributed by atoms with van der Waals surface area (Å²) in [5.74, 6) is 1.21. The standard InChI is InChI=1S/C19H28N4O2/c1-4-14(5-2)19(25)23-9-6-7-17(23)18-20-11-15-12-22(13(3)24)10-8-16(15)21-18/h11,14,17H,4-10,12H2,1-3H3. The van der Waals surface area contributed by atoms with E-state index in [2.05, 4.69) is 18.8 Å². The van der Waals surface area contributed by atoms with Crippen molar-refractivity contribution in [1.29, 1.82) is 0 Å². The predicted molar refractivity (Wildman–Crippen MR) is 94.6 cm³/mol. The van der Waals surface area contributed by atoms with Gasteiger partial charge in [0.15, 0.2) is 5.82 Å². The Labute approximate surface area is 149 Å². The van der Waals surface area contributed by atoms with Crippen LogP contribution in [0.25, 0.3) is 0 Å². The summed E-state index contributed by atoms with van der Waals surface area (Å²) < 4.78 is 0. The molecule has 2 amide bonds. The van der Waals surface area contributed by atoms with Crippen LogP contribution in [0.1, 0.15) is 69.6 Å². The van der Waals surface area contributed by atoms with Gasteiger partial charge in [-0.25, -0.2) is 9.97 Å². The summed E-state index contributed by atoms with van der Waals surface area (Å²) >= 11 is 0. The smallest absolute Gasteiger partial charge is 0.226 e.